The number of carboxylic acids is 4. The van der Waals surface area contributed by atoms with Gasteiger partial charge in [0.25, 0.3) is 0 Å². The summed E-state index contributed by atoms with van der Waals surface area (Å²) in [6, 6.07) is 3.84. The van der Waals surface area contributed by atoms with Crippen molar-refractivity contribution in [2.75, 3.05) is 0 Å². The van der Waals surface area contributed by atoms with Crippen LogP contribution in [-0.2, 0) is 19.2 Å². The second-order valence-corrected chi connectivity index (χ2v) is 4.77. The summed E-state index contributed by atoms with van der Waals surface area (Å²) in [4.78, 5) is 44.8. The number of carboxylic acid groups (broad SMARTS) is 4. The minimum atomic E-state index is -2.04. The van der Waals surface area contributed by atoms with E-state index in [1.165, 1.54) is 0 Å². The fraction of sp³-hybridized carbons (Fsp3) is 0.286. The van der Waals surface area contributed by atoms with Crippen molar-refractivity contribution < 1.29 is 44.0 Å². The molecule has 3 atom stereocenters. The first-order valence-electron chi connectivity index (χ1n) is 6.30. The van der Waals surface area contributed by atoms with Crippen LogP contribution in [0.4, 0.5) is 4.39 Å². The van der Waals surface area contributed by atoms with Crippen LogP contribution < -0.4 is 0 Å². The van der Waals surface area contributed by atoms with Gasteiger partial charge in [-0.2, -0.15) is 0 Å². The molecule has 0 saturated carbocycles. The van der Waals surface area contributed by atoms with Gasteiger partial charge in [0.1, 0.15) is 5.82 Å². The van der Waals surface area contributed by atoms with Crippen molar-refractivity contribution in [2.24, 2.45) is 11.8 Å². The maximum absolute atomic E-state index is 12.9. The van der Waals surface area contributed by atoms with Crippen molar-refractivity contribution in [3.63, 3.8) is 0 Å². The number of carbonyl (C=O) groups is 4. The molecule has 0 saturated heterocycles. The Labute approximate surface area is 128 Å². The quantitative estimate of drug-likeness (QED) is 0.549. The number of benzene rings is 1. The summed E-state index contributed by atoms with van der Waals surface area (Å²) in [7, 11) is 0. The largest absolute Gasteiger partial charge is 0.481 e. The van der Waals surface area contributed by atoms with Crippen LogP contribution in [0, 0.1) is 17.7 Å². The smallest absolute Gasteiger partial charge is 0.311 e. The Morgan fingerprint density at radius 2 is 1.39 bits per heavy atom. The van der Waals surface area contributed by atoms with E-state index in [0.29, 0.717) is 0 Å². The molecule has 0 aliphatic rings. The average molecular weight is 328 g/mol. The molecule has 0 aliphatic heterocycles. The van der Waals surface area contributed by atoms with E-state index in [0.717, 1.165) is 24.3 Å². The van der Waals surface area contributed by atoms with Crippen molar-refractivity contribution in [1.29, 1.82) is 0 Å². The zero-order valence-electron chi connectivity index (χ0n) is 11.5. The highest BCUT2D eigenvalue weighted by Gasteiger charge is 2.44. The maximum atomic E-state index is 12.9. The van der Waals surface area contributed by atoms with E-state index in [2.05, 4.69) is 0 Å². The highest BCUT2D eigenvalue weighted by molar-refractivity contribution is 5.90. The number of hydrogen-bond donors (Lipinski definition) is 4. The molecule has 0 amide bonds. The number of hydrogen-bond acceptors (Lipinski definition) is 4. The highest BCUT2D eigenvalue weighted by Crippen LogP contribution is 2.33. The summed E-state index contributed by atoms with van der Waals surface area (Å²) >= 11 is 0. The molecule has 0 radical (unpaired) electrons. The van der Waals surface area contributed by atoms with E-state index in [4.69, 9.17) is 10.2 Å². The van der Waals surface area contributed by atoms with Gasteiger partial charge in [-0.3, -0.25) is 19.2 Å². The summed E-state index contributed by atoms with van der Waals surface area (Å²) in [5.41, 5.74) is -0.136. The van der Waals surface area contributed by atoms with Gasteiger partial charge in [-0.1, -0.05) is 12.1 Å². The van der Waals surface area contributed by atoms with Gasteiger partial charge in [0.15, 0.2) is 0 Å². The van der Waals surface area contributed by atoms with Crippen molar-refractivity contribution in [2.45, 2.75) is 12.3 Å². The fourth-order valence-electron chi connectivity index (χ4n) is 2.28. The molecule has 0 bridgehead atoms. The lowest BCUT2D eigenvalue weighted by atomic mass is 9.76. The van der Waals surface area contributed by atoms with E-state index in [1.807, 2.05) is 0 Å². The molecule has 124 valence electrons. The molecular weight excluding hydrogens is 315 g/mol. The Hall–Kier alpha value is -2.97. The summed E-state index contributed by atoms with van der Waals surface area (Å²) in [5.74, 6) is -13.3. The van der Waals surface area contributed by atoms with Crippen LogP contribution in [0.25, 0.3) is 0 Å². The van der Waals surface area contributed by atoms with E-state index in [1.54, 1.807) is 0 Å². The minimum absolute atomic E-state index is 0.136. The summed E-state index contributed by atoms with van der Waals surface area (Å²) in [6.45, 7) is 0. The zero-order chi connectivity index (χ0) is 17.7. The predicted octanol–water partition coefficient (Wildman–Crippen LogP) is 0.870. The van der Waals surface area contributed by atoms with Crippen molar-refractivity contribution in [3.8, 4) is 0 Å². The van der Waals surface area contributed by atoms with E-state index < -0.39 is 53.9 Å². The van der Waals surface area contributed by atoms with Gasteiger partial charge in [0.05, 0.1) is 24.2 Å². The van der Waals surface area contributed by atoms with Crippen LogP contribution in [-0.4, -0.2) is 44.3 Å². The fourth-order valence-corrected chi connectivity index (χ4v) is 2.28. The third-order valence-electron chi connectivity index (χ3n) is 3.28. The molecule has 9 heteroatoms. The van der Waals surface area contributed by atoms with Crippen LogP contribution in [0.1, 0.15) is 17.9 Å². The Kier molecular flexibility index (Phi) is 5.77. The molecule has 23 heavy (non-hydrogen) atoms. The van der Waals surface area contributed by atoms with Crippen LogP contribution in [0.3, 0.4) is 0 Å². The lowest BCUT2D eigenvalue weighted by molar-refractivity contribution is -0.161. The lowest BCUT2D eigenvalue weighted by Crippen LogP contribution is -2.38. The summed E-state index contributed by atoms with van der Waals surface area (Å²) in [5, 5.41) is 36.4. The molecular formula is C14H13FO8. The molecule has 8 nitrogen and oxygen atoms in total. The molecule has 3 unspecified atom stereocenters. The van der Waals surface area contributed by atoms with Crippen LogP contribution >= 0.6 is 0 Å². The molecule has 1 rings (SSSR count). The molecule has 0 heterocycles. The Morgan fingerprint density at radius 3 is 1.74 bits per heavy atom. The van der Waals surface area contributed by atoms with Gasteiger partial charge in [0.2, 0.25) is 0 Å². The van der Waals surface area contributed by atoms with E-state index in [9.17, 15) is 33.8 Å². The third kappa shape index (κ3) is 4.50. The van der Waals surface area contributed by atoms with Gasteiger partial charge in [0, 0.05) is 0 Å². The Balaban J connectivity index is 3.38. The molecule has 0 fully saturated rings. The molecule has 0 aromatic heterocycles. The van der Waals surface area contributed by atoms with Crippen LogP contribution in [0.5, 0.6) is 0 Å². The number of rotatable bonds is 8. The monoisotopic (exact) mass is 328 g/mol. The first-order chi connectivity index (χ1) is 10.6. The van der Waals surface area contributed by atoms with E-state index in [-0.39, 0.29) is 5.56 Å². The van der Waals surface area contributed by atoms with Gasteiger partial charge < -0.3 is 20.4 Å². The molecule has 1 aromatic rings. The van der Waals surface area contributed by atoms with Gasteiger partial charge >= 0.3 is 23.9 Å². The van der Waals surface area contributed by atoms with E-state index >= 15 is 0 Å². The minimum Gasteiger partial charge on any atom is -0.481 e. The number of halogens is 1. The maximum Gasteiger partial charge on any atom is 0.311 e. The average Bonchev–Trinajstić information content (AvgIpc) is 2.42. The van der Waals surface area contributed by atoms with Crippen molar-refractivity contribution >= 4 is 23.9 Å². The summed E-state index contributed by atoms with van der Waals surface area (Å²) in [6.07, 6.45) is -1.06. The zero-order valence-corrected chi connectivity index (χ0v) is 11.5. The molecule has 4 N–H and O–H groups in total. The molecule has 0 aliphatic carbocycles. The molecule has 1 aromatic carbocycles. The number of aliphatic carboxylic acids is 4. The Bertz CT molecular complexity index is 624. The topological polar surface area (TPSA) is 149 Å². The van der Waals surface area contributed by atoms with Gasteiger partial charge in [-0.05, 0) is 17.7 Å². The predicted molar refractivity (Wildman–Crippen MR) is 71.3 cm³/mol. The second kappa shape index (κ2) is 7.34. The molecule has 0 spiro atoms. The van der Waals surface area contributed by atoms with Crippen LogP contribution in [0.2, 0.25) is 0 Å². The van der Waals surface area contributed by atoms with Crippen LogP contribution in [0.15, 0.2) is 24.3 Å². The first-order valence-corrected chi connectivity index (χ1v) is 6.30. The highest BCUT2D eigenvalue weighted by atomic mass is 19.1. The van der Waals surface area contributed by atoms with Crippen molar-refractivity contribution in [3.05, 3.63) is 35.6 Å². The van der Waals surface area contributed by atoms with Gasteiger partial charge in [-0.15, -0.1) is 0 Å². The lowest BCUT2D eigenvalue weighted by Gasteiger charge is -2.25. The third-order valence-corrected chi connectivity index (χ3v) is 3.28. The van der Waals surface area contributed by atoms with Crippen molar-refractivity contribution in [1.82, 2.24) is 0 Å². The standard InChI is InChI=1S/C14H13FO8/c15-7-3-1-6(2-4-7)10(13(20)21)11(14(22)23)8(12(18)19)5-9(16)17/h1-4,8,10-11H,5H2,(H,16,17)(H,18,19)(H,20,21)(H,22,23). The Morgan fingerprint density at radius 1 is 0.870 bits per heavy atom. The van der Waals surface area contributed by atoms with Gasteiger partial charge in [-0.25, -0.2) is 4.39 Å². The summed E-state index contributed by atoms with van der Waals surface area (Å²) < 4.78 is 12.9. The SMILES string of the molecule is O=C(O)CC(C(=O)O)C(C(=O)O)C(C(=O)O)c1ccc(F)cc1. The normalized spacial score (nSPS) is 14.5. The first kappa shape index (κ1) is 18.1. The second-order valence-electron chi connectivity index (χ2n) is 4.77.